The summed E-state index contributed by atoms with van der Waals surface area (Å²) in [5.41, 5.74) is 3.84. The zero-order valence-corrected chi connectivity index (χ0v) is 31.5. The number of hydrogen-bond donors (Lipinski definition) is 3. The van der Waals surface area contributed by atoms with Crippen molar-refractivity contribution in [3.63, 3.8) is 0 Å². The standard InChI is InChI=1S/C42H44ClN7O5/c1-47(33-9-4-27(21-44)36(43)20-33)31-10-5-30(6-11-31)45-39(52)26-2-7-32(8-3-26)49-16-14-25(15-17-49)22-48-23-28-18-34-35(19-29(28)24-48)42(55)50(41(34)54)37-12-13-38(51)46-40(37)53/h2-4,7-9,18-20,23-25,30-31,37-38,51H,5-6,10-17,22H2,1H3,(H,45,52)(H,46,53)/t30-,31-,37?,38?. The molecule has 0 bridgehead atoms. The lowest BCUT2D eigenvalue weighted by Crippen LogP contribution is -2.55. The average Bonchev–Trinajstić information content (AvgIpc) is 3.69. The molecule has 8 rings (SSSR count). The molecule has 1 aliphatic carbocycles. The van der Waals surface area contributed by atoms with Gasteiger partial charge in [0.15, 0.2) is 0 Å². The van der Waals surface area contributed by atoms with Gasteiger partial charge in [-0.05, 0) is 112 Å². The number of anilines is 2. The minimum atomic E-state index is -0.961. The van der Waals surface area contributed by atoms with E-state index in [4.69, 9.17) is 11.6 Å². The Labute approximate surface area is 324 Å². The van der Waals surface area contributed by atoms with Crippen molar-refractivity contribution < 1.29 is 24.3 Å². The van der Waals surface area contributed by atoms with Crippen LogP contribution in [-0.4, -0.2) is 82.7 Å². The molecule has 55 heavy (non-hydrogen) atoms. The molecule has 3 fully saturated rings. The highest BCUT2D eigenvalue weighted by Crippen LogP contribution is 2.33. The summed E-state index contributed by atoms with van der Waals surface area (Å²) in [6.45, 7) is 2.64. The third kappa shape index (κ3) is 7.26. The molecule has 2 saturated heterocycles. The van der Waals surface area contributed by atoms with Gasteiger partial charge in [0.25, 0.3) is 17.7 Å². The maximum absolute atomic E-state index is 13.3. The van der Waals surface area contributed by atoms with Crippen molar-refractivity contribution in [2.45, 2.75) is 82.3 Å². The molecule has 3 aliphatic heterocycles. The zero-order valence-electron chi connectivity index (χ0n) is 30.7. The minimum Gasteiger partial charge on any atom is -0.374 e. The van der Waals surface area contributed by atoms with E-state index in [1.165, 1.54) is 0 Å². The number of halogens is 1. The maximum Gasteiger partial charge on any atom is 0.262 e. The number of aromatic nitrogens is 1. The number of rotatable bonds is 8. The fraction of sp³-hybridized carbons (Fsp3) is 0.405. The number of aliphatic hydroxyl groups excluding tert-OH is 1. The molecule has 1 aromatic heterocycles. The Morgan fingerprint density at radius 3 is 2.16 bits per heavy atom. The van der Waals surface area contributed by atoms with Gasteiger partial charge >= 0.3 is 0 Å². The fourth-order valence-corrected chi connectivity index (χ4v) is 8.98. The number of nitrogens with zero attached hydrogens (tertiary/aromatic N) is 5. The molecule has 0 spiro atoms. The number of amides is 4. The van der Waals surface area contributed by atoms with Gasteiger partial charge in [-0.25, -0.2) is 0 Å². The Hall–Kier alpha value is -5.38. The summed E-state index contributed by atoms with van der Waals surface area (Å²) in [4.78, 5) is 57.9. The number of imide groups is 1. The molecule has 2 unspecified atom stereocenters. The third-order valence-corrected chi connectivity index (χ3v) is 12.3. The van der Waals surface area contributed by atoms with Crippen molar-refractivity contribution >= 4 is 57.4 Å². The van der Waals surface area contributed by atoms with E-state index in [-0.39, 0.29) is 24.8 Å². The van der Waals surface area contributed by atoms with Crippen molar-refractivity contribution in [3.8, 4) is 6.07 Å². The van der Waals surface area contributed by atoms with Crippen LogP contribution >= 0.6 is 11.6 Å². The van der Waals surface area contributed by atoms with Gasteiger partial charge in [-0.2, -0.15) is 5.26 Å². The lowest BCUT2D eigenvalue weighted by Gasteiger charge is -2.36. The molecule has 4 aliphatic rings. The molecule has 0 radical (unpaired) electrons. The largest absolute Gasteiger partial charge is 0.374 e. The summed E-state index contributed by atoms with van der Waals surface area (Å²) >= 11 is 6.26. The Morgan fingerprint density at radius 2 is 1.56 bits per heavy atom. The molecule has 4 heterocycles. The number of benzene rings is 3. The smallest absolute Gasteiger partial charge is 0.262 e. The van der Waals surface area contributed by atoms with E-state index in [1.54, 1.807) is 18.2 Å². The van der Waals surface area contributed by atoms with Gasteiger partial charge in [0.05, 0.1) is 21.7 Å². The maximum atomic E-state index is 13.3. The topological polar surface area (TPSA) is 151 Å². The van der Waals surface area contributed by atoms with E-state index >= 15 is 0 Å². The summed E-state index contributed by atoms with van der Waals surface area (Å²) in [6.07, 6.45) is 9.30. The van der Waals surface area contributed by atoms with Gasteiger partial charge in [-0.15, -0.1) is 0 Å². The van der Waals surface area contributed by atoms with Crippen LogP contribution in [0.1, 0.15) is 88.0 Å². The van der Waals surface area contributed by atoms with Gasteiger partial charge in [0.1, 0.15) is 18.3 Å². The molecule has 4 aromatic rings. The van der Waals surface area contributed by atoms with Gasteiger partial charge in [-0.3, -0.25) is 24.1 Å². The van der Waals surface area contributed by atoms with E-state index < -0.39 is 30.0 Å². The van der Waals surface area contributed by atoms with Crippen LogP contribution in [0.25, 0.3) is 10.8 Å². The van der Waals surface area contributed by atoms with Crippen LogP contribution in [0, 0.1) is 17.2 Å². The third-order valence-electron chi connectivity index (χ3n) is 12.0. The van der Waals surface area contributed by atoms with Crippen LogP contribution < -0.4 is 20.4 Å². The van der Waals surface area contributed by atoms with Crippen LogP contribution in [-0.2, 0) is 11.3 Å². The molecule has 12 nitrogen and oxygen atoms in total. The van der Waals surface area contributed by atoms with Gasteiger partial charge in [0.2, 0.25) is 5.91 Å². The van der Waals surface area contributed by atoms with E-state index in [0.29, 0.717) is 39.2 Å². The number of hydrogen-bond acceptors (Lipinski definition) is 8. The molecule has 4 amide bonds. The second kappa shape index (κ2) is 15.0. The van der Waals surface area contributed by atoms with Crippen molar-refractivity contribution in [1.29, 1.82) is 5.26 Å². The number of aliphatic hydroxyl groups is 1. The quantitative estimate of drug-likeness (QED) is 0.201. The summed E-state index contributed by atoms with van der Waals surface area (Å²) < 4.78 is 2.15. The highest BCUT2D eigenvalue weighted by Gasteiger charge is 2.44. The van der Waals surface area contributed by atoms with Crippen molar-refractivity contribution in [2.24, 2.45) is 5.92 Å². The molecule has 284 valence electrons. The Bertz CT molecular complexity index is 2140. The number of carbonyl (C=O) groups excluding carboxylic acids is 4. The second-order valence-electron chi connectivity index (χ2n) is 15.4. The first kappa shape index (κ1) is 36.6. The number of nitrogens with one attached hydrogen (secondary N) is 2. The summed E-state index contributed by atoms with van der Waals surface area (Å²) in [5.74, 6) is -1.04. The van der Waals surface area contributed by atoms with E-state index in [0.717, 1.165) is 85.2 Å². The molecular weight excluding hydrogens is 718 g/mol. The lowest BCUT2D eigenvalue weighted by molar-refractivity contribution is -0.131. The number of piperidine rings is 2. The number of nitriles is 1. The second-order valence-corrected chi connectivity index (χ2v) is 15.8. The predicted molar refractivity (Wildman–Crippen MR) is 209 cm³/mol. The van der Waals surface area contributed by atoms with Crippen LogP contribution in [0.4, 0.5) is 11.4 Å². The van der Waals surface area contributed by atoms with Gasteiger partial charge in [-0.1, -0.05) is 11.6 Å². The van der Waals surface area contributed by atoms with Crippen LogP contribution in [0.3, 0.4) is 0 Å². The monoisotopic (exact) mass is 761 g/mol. The first-order chi connectivity index (χ1) is 26.6. The van der Waals surface area contributed by atoms with Crippen molar-refractivity contribution in [3.05, 3.63) is 94.3 Å². The zero-order chi connectivity index (χ0) is 38.4. The van der Waals surface area contributed by atoms with E-state index in [1.807, 2.05) is 48.8 Å². The number of fused-ring (bicyclic) bond motifs is 2. The van der Waals surface area contributed by atoms with Crippen LogP contribution in [0.15, 0.2) is 67.0 Å². The van der Waals surface area contributed by atoms with Gasteiger partial charge in [0, 0.05) is 78.9 Å². The predicted octanol–water partition coefficient (Wildman–Crippen LogP) is 5.45. The minimum absolute atomic E-state index is 0.0475. The molecule has 3 N–H and O–H groups in total. The van der Waals surface area contributed by atoms with Crippen molar-refractivity contribution in [1.82, 2.24) is 20.1 Å². The molecule has 3 aromatic carbocycles. The molecular formula is C42H44ClN7O5. The molecule has 13 heteroatoms. The average molecular weight is 762 g/mol. The normalized spacial score (nSPS) is 23.1. The first-order valence-electron chi connectivity index (χ1n) is 19.1. The lowest BCUT2D eigenvalue weighted by atomic mass is 9.90. The van der Waals surface area contributed by atoms with E-state index in [2.05, 4.69) is 38.1 Å². The first-order valence-corrected chi connectivity index (χ1v) is 19.5. The Morgan fingerprint density at radius 1 is 0.909 bits per heavy atom. The van der Waals surface area contributed by atoms with Crippen molar-refractivity contribution in [2.75, 3.05) is 29.9 Å². The van der Waals surface area contributed by atoms with Gasteiger partial charge < -0.3 is 30.1 Å². The summed E-state index contributed by atoms with van der Waals surface area (Å²) in [5, 5.41) is 26.8. The molecule has 2 atom stereocenters. The van der Waals surface area contributed by atoms with E-state index in [9.17, 15) is 29.5 Å². The SMILES string of the molecule is CN(c1ccc(C#N)c(Cl)c1)[C@H]1CC[C@H](NC(=O)c2ccc(N3CCC(Cn4cc5cc6c(cc5c4)C(=O)N(C4CCC(O)NC4=O)C6=O)CC3)cc2)CC1. The highest BCUT2D eigenvalue weighted by atomic mass is 35.5. The Kier molecular flexibility index (Phi) is 10.0. The van der Waals surface area contributed by atoms with Crippen LogP contribution in [0.5, 0.6) is 0 Å². The highest BCUT2D eigenvalue weighted by molar-refractivity contribution is 6.32. The summed E-state index contributed by atoms with van der Waals surface area (Å²) in [7, 11) is 2.06. The number of carbonyl (C=O) groups is 4. The van der Waals surface area contributed by atoms with Crippen LogP contribution in [0.2, 0.25) is 5.02 Å². The summed E-state index contributed by atoms with van der Waals surface area (Å²) in [6, 6.07) is 18.6. The molecule has 1 saturated carbocycles. The fourth-order valence-electron chi connectivity index (χ4n) is 8.77. The Balaban J connectivity index is 0.809.